The number of quaternary nitrogens is 1. The molecule has 0 atom stereocenters. The van der Waals surface area contributed by atoms with Gasteiger partial charge in [0.1, 0.15) is 40.2 Å². The maximum atomic E-state index is 14.2. The number of carbonyl (C=O) groups is 1. The lowest BCUT2D eigenvalue weighted by molar-refractivity contribution is -0.687. The molecule has 0 aliphatic carbocycles. The summed E-state index contributed by atoms with van der Waals surface area (Å²) in [7, 11) is 0. The third-order valence-corrected chi connectivity index (χ3v) is 6.52. The molecule has 0 unspecified atom stereocenters. The normalized spacial score (nSPS) is 11.1. The number of nitrogens with two attached hydrogens (primary N) is 1. The predicted molar refractivity (Wildman–Crippen MR) is 128 cm³/mol. The summed E-state index contributed by atoms with van der Waals surface area (Å²) in [6, 6.07) is 13.1. The molecule has 0 radical (unpaired) electrons. The zero-order chi connectivity index (χ0) is 24.1. The first-order valence-electron chi connectivity index (χ1n) is 11.0. The van der Waals surface area contributed by atoms with Gasteiger partial charge in [-0.25, -0.2) is 23.5 Å². The number of benzene rings is 2. The summed E-state index contributed by atoms with van der Waals surface area (Å²) in [4.78, 5) is 22.9. The number of hydrogen-bond acceptors (Lipinski definition) is 6. The number of aromatic nitrogens is 2. The van der Waals surface area contributed by atoms with Crippen LogP contribution in [0.3, 0.4) is 0 Å². The van der Waals surface area contributed by atoms with Crippen molar-refractivity contribution in [3.05, 3.63) is 87.6 Å². The van der Waals surface area contributed by atoms with Crippen molar-refractivity contribution in [2.45, 2.75) is 33.5 Å². The lowest BCUT2D eigenvalue weighted by Crippen LogP contribution is -2.81. The second-order valence-corrected chi connectivity index (χ2v) is 8.68. The SMILES string of the molecule is CCOC(=O)c1sc2nc(C[NH2+]Cc3ccccc3F)nc(NCc3ccccc3F)c2c1C. The van der Waals surface area contributed by atoms with Gasteiger partial charge in [0.2, 0.25) is 0 Å². The molecule has 0 saturated carbocycles. The van der Waals surface area contributed by atoms with Crippen molar-refractivity contribution in [2.75, 3.05) is 11.9 Å². The minimum atomic E-state index is -0.407. The van der Waals surface area contributed by atoms with E-state index in [0.717, 1.165) is 5.56 Å². The van der Waals surface area contributed by atoms with Crippen LogP contribution in [-0.4, -0.2) is 22.5 Å². The van der Waals surface area contributed by atoms with Gasteiger partial charge in [-0.05, 0) is 31.5 Å². The number of rotatable bonds is 9. The van der Waals surface area contributed by atoms with Crippen LogP contribution in [0.25, 0.3) is 10.2 Å². The monoisotopic (exact) mass is 483 g/mol. The van der Waals surface area contributed by atoms with Crippen molar-refractivity contribution < 1.29 is 23.6 Å². The highest BCUT2D eigenvalue weighted by Crippen LogP contribution is 2.34. The fourth-order valence-corrected chi connectivity index (χ4v) is 4.73. The number of thiophene rings is 1. The van der Waals surface area contributed by atoms with Gasteiger partial charge in [-0.1, -0.05) is 36.4 Å². The van der Waals surface area contributed by atoms with Crippen LogP contribution < -0.4 is 10.6 Å². The summed E-state index contributed by atoms with van der Waals surface area (Å²) >= 11 is 1.24. The zero-order valence-corrected chi connectivity index (χ0v) is 19.7. The quantitative estimate of drug-likeness (QED) is 0.347. The smallest absolute Gasteiger partial charge is 0.348 e. The van der Waals surface area contributed by atoms with Gasteiger partial charge in [-0.2, -0.15) is 0 Å². The minimum absolute atomic E-state index is 0.223. The molecule has 3 N–H and O–H groups in total. The fraction of sp³-hybridized carbons (Fsp3) is 0.240. The molecule has 2 aromatic carbocycles. The highest BCUT2D eigenvalue weighted by atomic mass is 32.1. The summed E-state index contributed by atoms with van der Waals surface area (Å²) in [5.41, 5.74) is 1.81. The van der Waals surface area contributed by atoms with Crippen LogP contribution >= 0.6 is 11.3 Å². The Hall–Kier alpha value is -3.43. The van der Waals surface area contributed by atoms with E-state index in [1.165, 1.54) is 23.5 Å². The number of fused-ring (bicyclic) bond motifs is 1. The highest BCUT2D eigenvalue weighted by molar-refractivity contribution is 7.20. The first kappa shape index (κ1) is 23.7. The Morgan fingerprint density at radius 2 is 1.71 bits per heavy atom. The van der Waals surface area contributed by atoms with Crippen LogP contribution in [-0.2, 0) is 24.4 Å². The number of carbonyl (C=O) groups excluding carboxylic acids is 1. The van der Waals surface area contributed by atoms with E-state index >= 15 is 0 Å². The Morgan fingerprint density at radius 1 is 1.03 bits per heavy atom. The number of aryl methyl sites for hydroxylation is 1. The van der Waals surface area contributed by atoms with Gasteiger partial charge in [0.15, 0.2) is 5.82 Å². The van der Waals surface area contributed by atoms with Crippen molar-refractivity contribution in [3.8, 4) is 0 Å². The third kappa shape index (κ3) is 5.21. The van der Waals surface area contributed by atoms with Gasteiger partial charge in [0.05, 0.1) is 12.0 Å². The number of hydrogen-bond donors (Lipinski definition) is 2. The van der Waals surface area contributed by atoms with Gasteiger partial charge >= 0.3 is 5.97 Å². The summed E-state index contributed by atoms with van der Waals surface area (Å²) in [6.07, 6.45) is 0. The van der Waals surface area contributed by atoms with E-state index < -0.39 is 5.97 Å². The van der Waals surface area contributed by atoms with E-state index in [9.17, 15) is 13.6 Å². The second-order valence-electron chi connectivity index (χ2n) is 7.68. The second kappa shape index (κ2) is 10.7. The molecule has 0 saturated heterocycles. The maximum Gasteiger partial charge on any atom is 0.348 e. The van der Waals surface area contributed by atoms with Crippen molar-refractivity contribution in [1.29, 1.82) is 0 Å². The molecule has 9 heteroatoms. The van der Waals surface area contributed by atoms with Gasteiger partial charge in [0, 0.05) is 17.7 Å². The van der Waals surface area contributed by atoms with Gasteiger partial charge < -0.3 is 15.4 Å². The molecule has 4 aromatic rings. The average molecular weight is 484 g/mol. The van der Waals surface area contributed by atoms with E-state index in [0.29, 0.717) is 51.0 Å². The Morgan fingerprint density at radius 3 is 2.38 bits per heavy atom. The molecule has 34 heavy (non-hydrogen) atoms. The van der Waals surface area contributed by atoms with E-state index in [1.807, 2.05) is 12.2 Å². The summed E-state index contributed by atoms with van der Waals surface area (Å²) in [5.74, 6) is 0.0717. The number of halogens is 2. The number of nitrogens with one attached hydrogen (secondary N) is 1. The van der Waals surface area contributed by atoms with Crippen LogP contribution in [0.15, 0.2) is 48.5 Å². The molecule has 176 valence electrons. The van der Waals surface area contributed by atoms with Crippen molar-refractivity contribution in [1.82, 2.24) is 9.97 Å². The van der Waals surface area contributed by atoms with E-state index in [4.69, 9.17) is 4.74 Å². The molecular formula is C25H25F2N4O2S+. The minimum Gasteiger partial charge on any atom is -0.462 e. The van der Waals surface area contributed by atoms with Crippen LogP contribution in [0.1, 0.15) is 39.1 Å². The van der Waals surface area contributed by atoms with E-state index in [1.54, 1.807) is 43.3 Å². The average Bonchev–Trinajstić information content (AvgIpc) is 3.16. The number of anilines is 1. The maximum absolute atomic E-state index is 14.2. The van der Waals surface area contributed by atoms with Gasteiger partial charge in [-0.15, -0.1) is 11.3 Å². The Labute approximate surface area is 200 Å². The van der Waals surface area contributed by atoms with Crippen LogP contribution in [0.4, 0.5) is 14.6 Å². The molecule has 0 amide bonds. The van der Waals surface area contributed by atoms with Crippen LogP contribution in [0.5, 0.6) is 0 Å². The van der Waals surface area contributed by atoms with E-state index in [-0.39, 0.29) is 24.8 Å². The summed E-state index contributed by atoms with van der Waals surface area (Å²) in [5, 5.41) is 5.84. The molecule has 2 heterocycles. The number of esters is 1. The largest absolute Gasteiger partial charge is 0.462 e. The Kier molecular flexibility index (Phi) is 7.44. The predicted octanol–water partition coefficient (Wildman–Crippen LogP) is 4.33. The number of nitrogens with zero attached hydrogens (tertiary/aromatic N) is 2. The Balaban J connectivity index is 1.64. The van der Waals surface area contributed by atoms with Crippen molar-refractivity contribution >= 4 is 33.3 Å². The highest BCUT2D eigenvalue weighted by Gasteiger charge is 2.22. The summed E-state index contributed by atoms with van der Waals surface area (Å²) < 4.78 is 33.3. The first-order valence-corrected chi connectivity index (χ1v) is 11.8. The zero-order valence-electron chi connectivity index (χ0n) is 18.9. The van der Waals surface area contributed by atoms with Crippen molar-refractivity contribution in [3.63, 3.8) is 0 Å². The van der Waals surface area contributed by atoms with Crippen LogP contribution in [0.2, 0.25) is 0 Å². The molecule has 0 bridgehead atoms. The molecule has 0 aliphatic rings. The molecule has 6 nitrogen and oxygen atoms in total. The van der Waals surface area contributed by atoms with Crippen molar-refractivity contribution in [2.24, 2.45) is 0 Å². The first-order chi connectivity index (χ1) is 16.5. The molecule has 0 fully saturated rings. The topological polar surface area (TPSA) is 80.7 Å². The molecule has 0 aliphatic heterocycles. The Bertz CT molecular complexity index is 1330. The lowest BCUT2D eigenvalue weighted by Gasteiger charge is -2.10. The molecule has 0 spiro atoms. The molecule has 2 aromatic heterocycles. The third-order valence-electron chi connectivity index (χ3n) is 5.35. The molecule has 4 rings (SSSR count). The standard InChI is InChI=1S/C25H24F2N4O2S/c1-3-33-25(32)22-15(2)21-23(29-13-17-9-5-7-11-19(17)27)30-20(31-24(21)34-22)14-28-12-16-8-4-6-10-18(16)26/h4-11,28H,3,12-14H2,1-2H3,(H,29,30,31)/p+1. The van der Waals surface area contributed by atoms with Gasteiger partial charge in [0.25, 0.3) is 0 Å². The van der Waals surface area contributed by atoms with Gasteiger partial charge in [-0.3, -0.25) is 0 Å². The fourth-order valence-electron chi connectivity index (χ4n) is 3.63. The van der Waals surface area contributed by atoms with E-state index in [2.05, 4.69) is 15.3 Å². The number of ether oxygens (including phenoxy) is 1. The van der Waals surface area contributed by atoms with Crippen LogP contribution in [0, 0.1) is 18.6 Å². The molecular weight excluding hydrogens is 458 g/mol. The lowest BCUT2D eigenvalue weighted by atomic mass is 10.2. The summed E-state index contributed by atoms with van der Waals surface area (Å²) in [6.45, 7) is 4.92.